The van der Waals surface area contributed by atoms with Gasteiger partial charge in [0.05, 0.1) is 17.8 Å². The number of aldehydes is 1. The lowest BCUT2D eigenvalue weighted by atomic mass is 10.0. The van der Waals surface area contributed by atoms with Gasteiger partial charge in [0.15, 0.2) is 5.75 Å². The molecule has 10 heteroatoms. The Morgan fingerprint density at radius 2 is 1.50 bits per heavy atom. The minimum absolute atomic E-state index is 0.333. The first-order chi connectivity index (χ1) is 25.3. The molecule has 0 saturated carbocycles. The molecule has 268 valence electrons. The number of rotatable bonds is 15. The van der Waals surface area contributed by atoms with Gasteiger partial charge < -0.3 is 14.2 Å². The van der Waals surface area contributed by atoms with Crippen LogP contribution in [0.2, 0.25) is 15.1 Å². The van der Waals surface area contributed by atoms with Crippen LogP contribution >= 0.6 is 34.8 Å². The molecule has 52 heavy (non-hydrogen) atoms. The van der Waals surface area contributed by atoms with E-state index in [4.69, 9.17) is 49.0 Å². The number of nitrogens with zero attached hydrogens (tertiary/aromatic N) is 3. The molecule has 1 aromatic heterocycles. The highest BCUT2D eigenvalue weighted by molar-refractivity contribution is 6.32. The highest BCUT2D eigenvalue weighted by Crippen LogP contribution is 2.36. The molecule has 1 fully saturated rings. The number of carbonyl (C=O) groups excluding carboxylic acids is 1. The van der Waals surface area contributed by atoms with Crippen LogP contribution in [0.5, 0.6) is 23.1 Å². The number of pyridine rings is 1. The second kappa shape index (κ2) is 18.4. The van der Waals surface area contributed by atoms with Crippen molar-refractivity contribution in [3.8, 4) is 23.1 Å². The van der Waals surface area contributed by atoms with E-state index in [9.17, 15) is 4.79 Å². The van der Waals surface area contributed by atoms with Crippen LogP contribution in [-0.4, -0.2) is 60.4 Å². The van der Waals surface area contributed by atoms with Gasteiger partial charge in [0.25, 0.3) is 0 Å². The molecule has 0 radical (unpaired) electrons. The Kier molecular flexibility index (Phi) is 13.2. The molecule has 6 rings (SSSR count). The number of halogens is 3. The second-order valence-corrected chi connectivity index (χ2v) is 13.9. The third-order valence-corrected chi connectivity index (χ3v) is 9.80. The largest absolute Gasteiger partial charge is 0.493 e. The Balaban J connectivity index is 0.976. The van der Waals surface area contributed by atoms with E-state index in [1.165, 1.54) is 11.1 Å². The molecule has 5 aromatic rings. The number of carbonyl (C=O) groups is 1. The van der Waals surface area contributed by atoms with E-state index in [-0.39, 0.29) is 0 Å². The Hall–Kier alpha value is -4.37. The van der Waals surface area contributed by atoms with E-state index in [2.05, 4.69) is 39.0 Å². The summed E-state index contributed by atoms with van der Waals surface area (Å²) in [5.41, 5.74) is 6.06. The fourth-order valence-electron chi connectivity index (χ4n) is 5.99. The van der Waals surface area contributed by atoms with Gasteiger partial charge in [-0.25, -0.2) is 4.98 Å². The van der Waals surface area contributed by atoms with Crippen LogP contribution in [0.3, 0.4) is 0 Å². The topological polar surface area (TPSA) is 64.1 Å². The summed E-state index contributed by atoms with van der Waals surface area (Å²) < 4.78 is 17.8. The first-order valence-corrected chi connectivity index (χ1v) is 18.3. The molecule has 0 aliphatic carbocycles. The summed E-state index contributed by atoms with van der Waals surface area (Å²) in [5.74, 6) is 2.32. The van der Waals surface area contributed by atoms with Gasteiger partial charge in [-0.2, -0.15) is 0 Å². The first kappa shape index (κ1) is 37.4. The Labute approximate surface area is 320 Å². The fourth-order valence-corrected chi connectivity index (χ4v) is 6.62. The van der Waals surface area contributed by atoms with Crippen molar-refractivity contribution in [2.75, 3.05) is 39.3 Å². The van der Waals surface area contributed by atoms with E-state index in [0.717, 1.165) is 73.4 Å². The molecule has 1 saturated heterocycles. The maximum absolute atomic E-state index is 11.7. The average Bonchev–Trinajstić information content (AvgIpc) is 3.15. The Morgan fingerprint density at radius 3 is 2.19 bits per heavy atom. The maximum Gasteiger partial charge on any atom is 0.219 e. The van der Waals surface area contributed by atoms with Crippen molar-refractivity contribution in [2.45, 2.75) is 26.5 Å². The van der Waals surface area contributed by atoms with Crippen molar-refractivity contribution in [3.05, 3.63) is 152 Å². The van der Waals surface area contributed by atoms with Crippen LogP contribution in [0.1, 0.15) is 27.8 Å². The zero-order chi connectivity index (χ0) is 36.3. The molecule has 0 spiro atoms. The van der Waals surface area contributed by atoms with E-state index < -0.39 is 0 Å². The smallest absolute Gasteiger partial charge is 0.219 e. The first-order valence-electron chi connectivity index (χ1n) is 17.2. The van der Waals surface area contributed by atoms with Gasteiger partial charge in [0, 0.05) is 67.4 Å². The summed E-state index contributed by atoms with van der Waals surface area (Å²) in [6.45, 7) is 8.10. The molecule has 1 aliphatic rings. The second-order valence-electron chi connectivity index (χ2n) is 12.7. The summed E-state index contributed by atoms with van der Waals surface area (Å²) in [6, 6.07) is 31.1. The number of aromatic nitrogens is 1. The number of hydrogen-bond donors (Lipinski definition) is 0. The molecule has 7 nitrogen and oxygen atoms in total. The average molecular weight is 757 g/mol. The fraction of sp³-hybridized carbons (Fsp3) is 0.238. The van der Waals surface area contributed by atoms with Crippen LogP contribution in [0, 0.1) is 6.92 Å². The summed E-state index contributed by atoms with van der Waals surface area (Å²) in [4.78, 5) is 20.9. The van der Waals surface area contributed by atoms with Gasteiger partial charge in [0.1, 0.15) is 24.4 Å². The predicted octanol–water partition coefficient (Wildman–Crippen LogP) is 9.74. The minimum atomic E-state index is 0.333. The molecule has 4 aromatic carbocycles. The number of piperazine rings is 1. The Bertz CT molecular complexity index is 1940. The van der Waals surface area contributed by atoms with Gasteiger partial charge >= 0.3 is 0 Å². The lowest BCUT2D eigenvalue weighted by Crippen LogP contribution is -2.46. The zero-order valence-electron chi connectivity index (χ0n) is 28.9. The van der Waals surface area contributed by atoms with Crippen molar-refractivity contribution in [1.82, 2.24) is 14.8 Å². The summed E-state index contributed by atoms with van der Waals surface area (Å²) in [6.07, 6.45) is 4.91. The van der Waals surface area contributed by atoms with Crippen molar-refractivity contribution < 1.29 is 19.0 Å². The van der Waals surface area contributed by atoms with Crippen molar-refractivity contribution in [3.63, 3.8) is 0 Å². The molecule has 1 aliphatic heterocycles. The van der Waals surface area contributed by atoms with Crippen LogP contribution in [0.4, 0.5) is 0 Å². The van der Waals surface area contributed by atoms with Crippen LogP contribution in [0.15, 0.2) is 109 Å². The number of ether oxygens (including phenoxy) is 3. The van der Waals surface area contributed by atoms with Gasteiger partial charge in [0.2, 0.25) is 5.88 Å². The monoisotopic (exact) mass is 755 g/mol. The highest BCUT2D eigenvalue weighted by atomic mass is 35.5. The molecule has 2 heterocycles. The number of aryl methyl sites for hydroxylation is 1. The molecular weight excluding hydrogens is 717 g/mol. The van der Waals surface area contributed by atoms with Gasteiger partial charge in [-0.05, 0) is 89.4 Å². The predicted molar refractivity (Wildman–Crippen MR) is 209 cm³/mol. The lowest BCUT2D eigenvalue weighted by Gasteiger charge is -2.35. The molecule has 0 unspecified atom stereocenters. The third kappa shape index (κ3) is 10.6. The number of benzene rings is 4. The van der Waals surface area contributed by atoms with Crippen LogP contribution < -0.4 is 14.2 Å². The summed E-state index contributed by atoms with van der Waals surface area (Å²) in [7, 11) is 0. The standard InChI is InChI=1S/C42H40Cl3N3O4/c1-30-24-35(25-40(45)42(30)52-41-15-14-38(26-46-41)51-29-34-4-2-3-5-39(34)44)33(16-22-49)28-48-20-18-47(19-21-48)27-32-8-6-31(7-9-32)17-23-50-37-12-10-36(43)11-13-37/h2-16,22,24-26H,17-21,23,27-29H2,1H3/b33-16-. The van der Waals surface area contributed by atoms with Crippen molar-refractivity contribution in [2.24, 2.45) is 0 Å². The van der Waals surface area contributed by atoms with E-state index in [1.54, 1.807) is 24.4 Å². The third-order valence-electron chi connectivity index (χ3n) is 8.90. The van der Waals surface area contributed by atoms with E-state index >= 15 is 0 Å². The van der Waals surface area contributed by atoms with Crippen LogP contribution in [-0.2, 0) is 24.4 Å². The van der Waals surface area contributed by atoms with Gasteiger partial charge in [-0.3, -0.25) is 14.6 Å². The molecule has 0 atom stereocenters. The van der Waals surface area contributed by atoms with E-state index in [0.29, 0.717) is 52.2 Å². The number of allylic oxidation sites excluding steroid dienone is 1. The molecule has 0 amide bonds. The van der Waals surface area contributed by atoms with Crippen LogP contribution in [0.25, 0.3) is 5.57 Å². The van der Waals surface area contributed by atoms with E-state index in [1.807, 2.05) is 67.6 Å². The minimum Gasteiger partial charge on any atom is -0.493 e. The normalized spacial score (nSPS) is 13.9. The quantitative estimate of drug-likeness (QED) is 0.0779. The zero-order valence-corrected chi connectivity index (χ0v) is 31.2. The van der Waals surface area contributed by atoms with Gasteiger partial charge in [-0.1, -0.05) is 77.3 Å². The maximum atomic E-state index is 11.7. The summed E-state index contributed by atoms with van der Waals surface area (Å²) >= 11 is 18.9. The molecule has 0 N–H and O–H groups in total. The molecular formula is C42H40Cl3N3O4. The summed E-state index contributed by atoms with van der Waals surface area (Å²) in [5, 5.41) is 1.80. The lowest BCUT2D eigenvalue weighted by molar-refractivity contribution is -0.104. The van der Waals surface area contributed by atoms with Crippen molar-refractivity contribution >= 4 is 46.7 Å². The number of hydrogen-bond acceptors (Lipinski definition) is 7. The highest BCUT2D eigenvalue weighted by Gasteiger charge is 2.20. The molecule has 0 bridgehead atoms. The SMILES string of the molecule is Cc1cc(/C(=C\C=O)CN2CCN(Cc3ccc(CCOc4ccc(Cl)cc4)cc3)CC2)cc(Cl)c1Oc1ccc(OCc2ccccc2Cl)cn1. The van der Waals surface area contributed by atoms with Gasteiger partial charge in [-0.15, -0.1) is 0 Å². The Morgan fingerprint density at radius 1 is 0.788 bits per heavy atom. The van der Waals surface area contributed by atoms with Crippen molar-refractivity contribution in [1.29, 1.82) is 0 Å².